The first-order valence-electron chi connectivity index (χ1n) is 10.9. The molecule has 0 N–H and O–H groups in total. The quantitative estimate of drug-likeness (QED) is 0.212. The van der Waals surface area contributed by atoms with Crippen molar-refractivity contribution in [2.45, 2.75) is 12.4 Å². The van der Waals surface area contributed by atoms with Crippen LogP contribution in [-0.4, -0.2) is 40.0 Å². The summed E-state index contributed by atoms with van der Waals surface area (Å²) in [6.07, 6.45) is -3.18. The summed E-state index contributed by atoms with van der Waals surface area (Å²) in [4.78, 5) is 0. The predicted octanol–water partition coefficient (Wildman–Crippen LogP) is 6.09. The van der Waals surface area contributed by atoms with E-state index in [-0.39, 0.29) is 31.0 Å². The van der Waals surface area contributed by atoms with E-state index in [0.29, 0.717) is 16.7 Å². The maximum absolute atomic E-state index is 14.6. The topological polar surface area (TPSA) is 36.9 Å². The number of alkyl halides is 2. The second kappa shape index (κ2) is 10.7. The van der Waals surface area contributed by atoms with Crippen molar-refractivity contribution in [3.63, 3.8) is 0 Å². The van der Waals surface area contributed by atoms with Gasteiger partial charge in [0.1, 0.15) is 13.8 Å². The molecule has 2 radical (unpaired) electrons. The van der Waals surface area contributed by atoms with Crippen LogP contribution in [0, 0.1) is 23.4 Å². The summed E-state index contributed by atoms with van der Waals surface area (Å²) in [6.45, 7) is 2.47. The highest BCUT2D eigenvalue weighted by Crippen LogP contribution is 2.35. The first-order valence-corrected chi connectivity index (χ1v) is 10.9. The Labute approximate surface area is 205 Å². The van der Waals surface area contributed by atoms with Crippen LogP contribution in [-0.2, 0) is 9.47 Å². The largest absolute Gasteiger partial charge is 0.500 e. The fraction of sp³-hybridized carbons (Fsp3) is 0.231. The molecule has 1 aliphatic rings. The number of halogens is 5. The highest BCUT2D eigenvalue weighted by Gasteiger charge is 2.45. The molecule has 1 heterocycles. The van der Waals surface area contributed by atoms with Crippen LogP contribution in [0.25, 0.3) is 22.3 Å². The Balaban J connectivity index is 1.49. The third-order valence-corrected chi connectivity index (χ3v) is 5.58. The van der Waals surface area contributed by atoms with Gasteiger partial charge in [0.15, 0.2) is 29.4 Å². The summed E-state index contributed by atoms with van der Waals surface area (Å²) in [5.41, 5.74) is 1.25. The molecule has 0 unspecified atom stereocenters. The van der Waals surface area contributed by atoms with Gasteiger partial charge in [0.05, 0.1) is 13.2 Å². The van der Waals surface area contributed by atoms with Crippen LogP contribution in [0.1, 0.15) is 0 Å². The Hall–Kier alpha value is -3.37. The monoisotopic (exact) mass is 502 g/mol. The van der Waals surface area contributed by atoms with Crippen molar-refractivity contribution in [3.05, 3.63) is 84.7 Å². The van der Waals surface area contributed by atoms with Gasteiger partial charge in [-0.25, -0.2) is 8.78 Å². The van der Waals surface area contributed by atoms with E-state index < -0.39 is 41.5 Å². The van der Waals surface area contributed by atoms with Crippen molar-refractivity contribution in [1.29, 1.82) is 0 Å². The van der Waals surface area contributed by atoms with E-state index in [2.05, 4.69) is 11.3 Å². The van der Waals surface area contributed by atoms with Crippen molar-refractivity contribution < 1.29 is 40.9 Å². The van der Waals surface area contributed by atoms with Crippen LogP contribution >= 0.6 is 0 Å². The van der Waals surface area contributed by atoms with Gasteiger partial charge in [-0.15, -0.1) is 0 Å². The first kappa shape index (κ1) is 25.7. The van der Waals surface area contributed by atoms with E-state index in [1.165, 1.54) is 36.4 Å². The standard InChI is InChI=1S/C26H20BF5O4/c1-2-23-33-12-18(13-34-23)26(31,32)36-21-9-7-17(11-20(21)28)15-3-5-16(6-4-15)19-8-10-22(35-14-27)25(30)24(19)29/h2-11,18,23H,1,12-14H2. The van der Waals surface area contributed by atoms with Crippen molar-refractivity contribution in [1.82, 2.24) is 0 Å². The minimum absolute atomic E-state index is 0.00401. The highest BCUT2D eigenvalue weighted by atomic mass is 19.3. The van der Waals surface area contributed by atoms with Crippen LogP contribution < -0.4 is 9.47 Å². The smallest absolute Gasteiger partial charge is 0.405 e. The summed E-state index contributed by atoms with van der Waals surface area (Å²) in [5.74, 6) is -5.63. The van der Waals surface area contributed by atoms with E-state index in [1.54, 1.807) is 12.1 Å². The Morgan fingerprint density at radius 2 is 1.50 bits per heavy atom. The zero-order valence-corrected chi connectivity index (χ0v) is 18.9. The normalized spacial score (nSPS) is 18.0. The van der Waals surface area contributed by atoms with Crippen molar-refractivity contribution in [2.75, 3.05) is 19.7 Å². The minimum atomic E-state index is -3.74. The molecular weight excluding hydrogens is 482 g/mol. The molecule has 3 aromatic rings. The molecule has 0 bridgehead atoms. The number of benzene rings is 3. The fourth-order valence-electron chi connectivity index (χ4n) is 3.64. The Kier molecular flexibility index (Phi) is 7.66. The molecule has 0 spiro atoms. The molecule has 1 saturated heterocycles. The summed E-state index contributed by atoms with van der Waals surface area (Å²) in [5, 5.41) is 0. The highest BCUT2D eigenvalue weighted by molar-refractivity contribution is 6.08. The van der Waals surface area contributed by atoms with E-state index in [4.69, 9.17) is 22.1 Å². The fourth-order valence-corrected chi connectivity index (χ4v) is 3.64. The summed E-state index contributed by atoms with van der Waals surface area (Å²) in [6, 6.07) is 12.3. The van der Waals surface area contributed by atoms with Gasteiger partial charge < -0.3 is 18.9 Å². The van der Waals surface area contributed by atoms with Crippen LogP contribution in [0.2, 0.25) is 0 Å². The first-order chi connectivity index (χ1) is 17.2. The third kappa shape index (κ3) is 5.39. The summed E-state index contributed by atoms with van der Waals surface area (Å²) < 4.78 is 92.0. The maximum Gasteiger partial charge on any atom is 0.405 e. The molecule has 0 saturated carbocycles. The molecule has 10 heteroatoms. The molecule has 3 aromatic carbocycles. The summed E-state index contributed by atoms with van der Waals surface area (Å²) >= 11 is 0. The van der Waals surface area contributed by atoms with Gasteiger partial charge in [0, 0.05) is 12.1 Å². The third-order valence-electron chi connectivity index (χ3n) is 5.58. The second-order valence-electron chi connectivity index (χ2n) is 7.90. The van der Waals surface area contributed by atoms with Crippen LogP contribution in [0.4, 0.5) is 22.0 Å². The van der Waals surface area contributed by atoms with Gasteiger partial charge in [0.25, 0.3) is 0 Å². The Bertz CT molecular complexity index is 1230. The molecule has 186 valence electrons. The number of ether oxygens (including phenoxy) is 4. The van der Waals surface area contributed by atoms with Gasteiger partial charge in [-0.2, -0.15) is 13.2 Å². The van der Waals surface area contributed by atoms with E-state index in [9.17, 15) is 22.0 Å². The Morgan fingerprint density at radius 1 is 0.889 bits per heavy atom. The van der Waals surface area contributed by atoms with Crippen molar-refractivity contribution >= 4 is 7.85 Å². The lowest BCUT2D eigenvalue weighted by atomic mass is 9.99. The lowest BCUT2D eigenvalue weighted by Gasteiger charge is -2.32. The molecule has 0 atom stereocenters. The molecule has 4 nitrogen and oxygen atoms in total. The zero-order chi connectivity index (χ0) is 25.9. The van der Waals surface area contributed by atoms with Crippen molar-refractivity contribution in [2.24, 2.45) is 5.92 Å². The zero-order valence-electron chi connectivity index (χ0n) is 18.9. The lowest BCUT2D eigenvalue weighted by molar-refractivity contribution is -0.281. The lowest BCUT2D eigenvalue weighted by Crippen LogP contribution is -2.45. The molecule has 0 aliphatic carbocycles. The average Bonchev–Trinajstić information content (AvgIpc) is 2.88. The second-order valence-corrected chi connectivity index (χ2v) is 7.90. The van der Waals surface area contributed by atoms with Gasteiger partial charge in [-0.1, -0.05) is 36.9 Å². The summed E-state index contributed by atoms with van der Waals surface area (Å²) in [7, 11) is 5.20. The molecule has 4 rings (SSSR count). The molecule has 0 amide bonds. The number of hydrogen-bond donors (Lipinski definition) is 0. The van der Waals surface area contributed by atoms with Crippen molar-refractivity contribution in [3.8, 4) is 33.8 Å². The van der Waals surface area contributed by atoms with E-state index in [1.807, 2.05) is 0 Å². The van der Waals surface area contributed by atoms with Gasteiger partial charge in [-0.05, 0) is 47.0 Å². The van der Waals surface area contributed by atoms with Gasteiger partial charge in [-0.3, -0.25) is 0 Å². The maximum atomic E-state index is 14.6. The van der Waals surface area contributed by atoms with E-state index >= 15 is 0 Å². The van der Waals surface area contributed by atoms with Gasteiger partial charge in [0.2, 0.25) is 5.82 Å². The molecular formula is C26H20BF5O4. The average molecular weight is 502 g/mol. The predicted molar refractivity (Wildman–Crippen MR) is 123 cm³/mol. The number of hydrogen-bond acceptors (Lipinski definition) is 4. The van der Waals surface area contributed by atoms with Crippen LogP contribution in [0.3, 0.4) is 0 Å². The Morgan fingerprint density at radius 3 is 2.11 bits per heavy atom. The van der Waals surface area contributed by atoms with Gasteiger partial charge >= 0.3 is 6.11 Å². The minimum Gasteiger partial charge on any atom is -0.500 e. The molecule has 1 aliphatic heterocycles. The molecule has 1 fully saturated rings. The van der Waals surface area contributed by atoms with Crippen LogP contribution in [0.15, 0.2) is 67.3 Å². The molecule has 36 heavy (non-hydrogen) atoms. The SMILES string of the molecule is [B]COc1ccc(-c2ccc(-c3ccc(OC(F)(F)C4COC(C=C)OC4)c(F)c3)cc2)c(F)c1F. The number of rotatable bonds is 8. The molecule has 0 aromatic heterocycles. The van der Waals surface area contributed by atoms with E-state index in [0.717, 1.165) is 12.1 Å². The van der Waals surface area contributed by atoms with Crippen LogP contribution in [0.5, 0.6) is 11.5 Å².